The van der Waals surface area contributed by atoms with Gasteiger partial charge >= 0.3 is 0 Å². The van der Waals surface area contributed by atoms with Crippen LogP contribution in [0.2, 0.25) is 0 Å². The Hall–Kier alpha value is -2.34. The lowest BCUT2D eigenvalue weighted by Crippen LogP contribution is -2.17. The second kappa shape index (κ2) is 5.33. The predicted octanol–water partition coefficient (Wildman–Crippen LogP) is 2.90. The van der Waals surface area contributed by atoms with E-state index in [2.05, 4.69) is 16.0 Å². The fourth-order valence-electron chi connectivity index (χ4n) is 1.78. The van der Waals surface area contributed by atoms with Crippen LogP contribution >= 0.6 is 0 Å². The van der Waals surface area contributed by atoms with Crippen LogP contribution in [0.4, 0.5) is 5.82 Å². The van der Waals surface area contributed by atoms with Gasteiger partial charge in [-0.2, -0.15) is 5.26 Å². The van der Waals surface area contributed by atoms with Gasteiger partial charge in [0.1, 0.15) is 5.82 Å². The molecule has 1 heterocycles. The van der Waals surface area contributed by atoms with E-state index in [1.54, 1.807) is 0 Å². The lowest BCUT2D eigenvalue weighted by atomic mass is 10.1. The smallest absolute Gasteiger partial charge is 0.128 e. The van der Waals surface area contributed by atoms with Gasteiger partial charge in [-0.1, -0.05) is 18.2 Å². The topological polar surface area (TPSA) is 39.9 Å². The second-order valence-electron chi connectivity index (χ2n) is 4.30. The Morgan fingerprint density at radius 1 is 1.17 bits per heavy atom. The highest BCUT2D eigenvalue weighted by Gasteiger charge is 2.03. The number of aryl methyl sites for hydroxylation is 1. The summed E-state index contributed by atoms with van der Waals surface area (Å²) in [5.41, 5.74) is 2.87. The number of anilines is 1. The van der Waals surface area contributed by atoms with Crippen LogP contribution in [-0.4, -0.2) is 12.0 Å². The van der Waals surface area contributed by atoms with Crippen LogP contribution in [0.1, 0.15) is 16.8 Å². The summed E-state index contributed by atoms with van der Waals surface area (Å²) in [4.78, 5) is 6.57. The lowest BCUT2D eigenvalue weighted by molar-refractivity contribution is 0.892. The summed E-state index contributed by atoms with van der Waals surface area (Å²) in [7, 11) is 2.01. The Morgan fingerprint density at radius 2 is 1.89 bits per heavy atom. The molecule has 0 aliphatic rings. The molecule has 3 nitrogen and oxygen atoms in total. The Labute approximate surface area is 107 Å². The van der Waals surface area contributed by atoms with E-state index in [-0.39, 0.29) is 0 Å². The van der Waals surface area contributed by atoms with E-state index < -0.39 is 0 Å². The summed E-state index contributed by atoms with van der Waals surface area (Å²) >= 11 is 0. The highest BCUT2D eigenvalue weighted by molar-refractivity contribution is 5.40. The Morgan fingerprint density at radius 3 is 2.50 bits per heavy atom. The molecule has 0 spiro atoms. The SMILES string of the molecule is Cc1cccc(N(C)Cc2ccc(C#N)cc2)n1. The molecule has 1 aromatic carbocycles. The highest BCUT2D eigenvalue weighted by atomic mass is 15.2. The van der Waals surface area contributed by atoms with Crippen molar-refractivity contribution in [3.05, 3.63) is 59.3 Å². The van der Waals surface area contributed by atoms with Crippen molar-refractivity contribution in [3.63, 3.8) is 0 Å². The summed E-state index contributed by atoms with van der Waals surface area (Å²) in [5, 5.41) is 8.75. The van der Waals surface area contributed by atoms with Gasteiger partial charge in [0.25, 0.3) is 0 Å². The maximum absolute atomic E-state index is 8.75. The second-order valence-corrected chi connectivity index (χ2v) is 4.30. The third-order valence-corrected chi connectivity index (χ3v) is 2.77. The van der Waals surface area contributed by atoms with E-state index in [0.717, 1.165) is 18.1 Å². The van der Waals surface area contributed by atoms with Crippen LogP contribution in [-0.2, 0) is 6.54 Å². The van der Waals surface area contributed by atoms with E-state index >= 15 is 0 Å². The third kappa shape index (κ3) is 2.86. The quantitative estimate of drug-likeness (QED) is 0.824. The number of pyridine rings is 1. The molecule has 0 aliphatic heterocycles. The van der Waals surface area contributed by atoms with Crippen molar-refractivity contribution in [3.8, 4) is 6.07 Å². The molecule has 0 unspecified atom stereocenters. The van der Waals surface area contributed by atoms with Gasteiger partial charge in [-0.15, -0.1) is 0 Å². The standard InChI is InChI=1S/C15H15N3/c1-12-4-3-5-15(17-12)18(2)11-14-8-6-13(10-16)7-9-14/h3-9H,11H2,1-2H3. The molecule has 2 rings (SSSR count). The van der Waals surface area contributed by atoms with E-state index in [9.17, 15) is 0 Å². The van der Waals surface area contributed by atoms with Crippen molar-refractivity contribution in [2.24, 2.45) is 0 Å². The van der Waals surface area contributed by atoms with Crippen LogP contribution in [0.5, 0.6) is 0 Å². The molecule has 0 atom stereocenters. The van der Waals surface area contributed by atoms with Crippen molar-refractivity contribution in [1.29, 1.82) is 5.26 Å². The number of nitrogens with zero attached hydrogens (tertiary/aromatic N) is 3. The number of aromatic nitrogens is 1. The molecule has 3 heteroatoms. The molecule has 1 aromatic heterocycles. The first kappa shape index (κ1) is 12.1. The molecule has 90 valence electrons. The molecule has 0 aliphatic carbocycles. The van der Waals surface area contributed by atoms with E-state index in [1.165, 1.54) is 5.56 Å². The summed E-state index contributed by atoms with van der Waals surface area (Å²) in [6.07, 6.45) is 0. The van der Waals surface area contributed by atoms with E-state index in [0.29, 0.717) is 5.56 Å². The number of rotatable bonds is 3. The van der Waals surface area contributed by atoms with Crippen LogP contribution < -0.4 is 4.90 Å². The zero-order valence-electron chi connectivity index (χ0n) is 10.6. The van der Waals surface area contributed by atoms with Crippen LogP contribution in [0.25, 0.3) is 0 Å². The molecule has 2 aromatic rings. The average Bonchev–Trinajstić information content (AvgIpc) is 2.39. The van der Waals surface area contributed by atoms with Gasteiger partial charge in [-0.25, -0.2) is 4.98 Å². The van der Waals surface area contributed by atoms with Crippen LogP contribution in [0.3, 0.4) is 0 Å². The van der Waals surface area contributed by atoms with Crippen molar-refractivity contribution in [2.45, 2.75) is 13.5 Å². The zero-order chi connectivity index (χ0) is 13.0. The molecular formula is C15H15N3. The van der Waals surface area contributed by atoms with Crippen molar-refractivity contribution in [1.82, 2.24) is 4.98 Å². The summed E-state index contributed by atoms with van der Waals surface area (Å²) in [5.74, 6) is 0.958. The Kier molecular flexibility index (Phi) is 3.59. The largest absolute Gasteiger partial charge is 0.355 e. The van der Waals surface area contributed by atoms with Crippen molar-refractivity contribution < 1.29 is 0 Å². The van der Waals surface area contributed by atoms with Gasteiger partial charge in [-0.05, 0) is 36.8 Å². The number of benzene rings is 1. The minimum absolute atomic E-state index is 0.690. The lowest BCUT2D eigenvalue weighted by Gasteiger charge is -2.18. The zero-order valence-corrected chi connectivity index (χ0v) is 10.6. The van der Waals surface area contributed by atoms with Gasteiger partial charge in [0.15, 0.2) is 0 Å². The maximum Gasteiger partial charge on any atom is 0.128 e. The molecule has 0 N–H and O–H groups in total. The molecule has 0 radical (unpaired) electrons. The monoisotopic (exact) mass is 237 g/mol. The normalized spacial score (nSPS) is 9.83. The highest BCUT2D eigenvalue weighted by Crippen LogP contribution is 2.13. The number of hydrogen-bond acceptors (Lipinski definition) is 3. The van der Waals surface area contributed by atoms with Crippen molar-refractivity contribution >= 4 is 5.82 Å². The molecular weight excluding hydrogens is 222 g/mol. The molecule has 0 amide bonds. The fraction of sp³-hybridized carbons (Fsp3) is 0.200. The summed E-state index contributed by atoms with van der Waals surface area (Å²) in [6.45, 7) is 2.77. The van der Waals surface area contributed by atoms with Crippen molar-refractivity contribution in [2.75, 3.05) is 11.9 Å². The average molecular weight is 237 g/mol. The minimum atomic E-state index is 0.690. The van der Waals surface area contributed by atoms with Crippen LogP contribution in [0.15, 0.2) is 42.5 Å². The third-order valence-electron chi connectivity index (χ3n) is 2.77. The van der Waals surface area contributed by atoms with Crippen LogP contribution in [0, 0.1) is 18.3 Å². The molecule has 0 saturated carbocycles. The Balaban J connectivity index is 2.11. The first-order valence-corrected chi connectivity index (χ1v) is 5.83. The Bertz CT molecular complexity index is 567. The molecule has 0 fully saturated rings. The minimum Gasteiger partial charge on any atom is -0.355 e. The first-order valence-electron chi connectivity index (χ1n) is 5.83. The fourth-order valence-corrected chi connectivity index (χ4v) is 1.78. The first-order chi connectivity index (χ1) is 8.69. The van der Waals surface area contributed by atoms with E-state index in [1.807, 2.05) is 56.4 Å². The van der Waals surface area contributed by atoms with Gasteiger partial charge < -0.3 is 4.90 Å². The molecule has 0 saturated heterocycles. The van der Waals surface area contributed by atoms with Gasteiger partial charge in [0.05, 0.1) is 11.6 Å². The number of hydrogen-bond donors (Lipinski definition) is 0. The van der Waals surface area contributed by atoms with Gasteiger partial charge in [0.2, 0.25) is 0 Å². The maximum atomic E-state index is 8.75. The van der Waals surface area contributed by atoms with Gasteiger partial charge in [-0.3, -0.25) is 0 Å². The summed E-state index contributed by atoms with van der Waals surface area (Å²) < 4.78 is 0. The number of nitriles is 1. The van der Waals surface area contributed by atoms with E-state index in [4.69, 9.17) is 5.26 Å². The van der Waals surface area contributed by atoms with Gasteiger partial charge in [0, 0.05) is 19.3 Å². The summed E-state index contributed by atoms with van der Waals surface area (Å²) in [6, 6.07) is 15.7. The predicted molar refractivity (Wildman–Crippen MR) is 72.2 cm³/mol. The molecule has 0 bridgehead atoms. The molecule has 18 heavy (non-hydrogen) atoms.